The van der Waals surface area contributed by atoms with Crippen LogP contribution < -0.4 is 5.32 Å². The van der Waals surface area contributed by atoms with E-state index in [1.807, 2.05) is 19.9 Å². The largest absolute Gasteiger partial charge is 0.481 e. The smallest absolute Gasteiger partial charge is 0.306 e. The number of carboxylic acid groups (broad SMARTS) is 1. The predicted octanol–water partition coefficient (Wildman–Crippen LogP) is 1.24. The SMILES string of the molecule is CC(C)c1cc(NC2CC(C(=O)O)CC2O)ncn1. The molecular formula is C13H19N3O3. The van der Waals surface area contributed by atoms with Crippen molar-refractivity contribution in [1.29, 1.82) is 0 Å². The van der Waals surface area contributed by atoms with Gasteiger partial charge in [-0.05, 0) is 18.8 Å². The molecule has 0 amide bonds. The highest BCUT2D eigenvalue weighted by Crippen LogP contribution is 2.28. The summed E-state index contributed by atoms with van der Waals surface area (Å²) in [5, 5.41) is 22.0. The fourth-order valence-corrected chi connectivity index (χ4v) is 2.33. The van der Waals surface area contributed by atoms with Gasteiger partial charge in [-0.1, -0.05) is 13.8 Å². The van der Waals surface area contributed by atoms with Crippen molar-refractivity contribution in [2.45, 2.75) is 44.8 Å². The molecule has 1 saturated carbocycles. The molecule has 1 aliphatic rings. The molecule has 0 radical (unpaired) electrons. The van der Waals surface area contributed by atoms with E-state index in [2.05, 4.69) is 15.3 Å². The van der Waals surface area contributed by atoms with E-state index in [-0.39, 0.29) is 12.5 Å². The number of nitrogens with one attached hydrogen (secondary N) is 1. The maximum absolute atomic E-state index is 10.9. The van der Waals surface area contributed by atoms with Gasteiger partial charge in [0.25, 0.3) is 0 Å². The highest BCUT2D eigenvalue weighted by atomic mass is 16.4. The molecule has 1 aromatic heterocycles. The third-order valence-electron chi connectivity index (χ3n) is 3.49. The fourth-order valence-electron chi connectivity index (χ4n) is 2.33. The highest BCUT2D eigenvalue weighted by molar-refractivity contribution is 5.70. The molecule has 19 heavy (non-hydrogen) atoms. The van der Waals surface area contributed by atoms with Crippen LogP contribution in [0, 0.1) is 5.92 Å². The van der Waals surface area contributed by atoms with Crippen molar-refractivity contribution < 1.29 is 15.0 Å². The molecule has 3 unspecified atom stereocenters. The van der Waals surface area contributed by atoms with E-state index in [1.54, 1.807) is 0 Å². The zero-order valence-corrected chi connectivity index (χ0v) is 11.1. The van der Waals surface area contributed by atoms with Gasteiger partial charge < -0.3 is 15.5 Å². The van der Waals surface area contributed by atoms with Crippen molar-refractivity contribution in [1.82, 2.24) is 9.97 Å². The van der Waals surface area contributed by atoms with Gasteiger partial charge in [0.15, 0.2) is 0 Å². The fraction of sp³-hybridized carbons (Fsp3) is 0.615. The van der Waals surface area contributed by atoms with Gasteiger partial charge in [-0.3, -0.25) is 4.79 Å². The van der Waals surface area contributed by atoms with Crippen LogP contribution in [-0.4, -0.2) is 38.3 Å². The number of aliphatic hydroxyl groups is 1. The van der Waals surface area contributed by atoms with E-state index in [4.69, 9.17) is 5.11 Å². The van der Waals surface area contributed by atoms with Crippen LogP contribution in [0.15, 0.2) is 12.4 Å². The van der Waals surface area contributed by atoms with Gasteiger partial charge in [-0.15, -0.1) is 0 Å². The van der Waals surface area contributed by atoms with Crippen molar-refractivity contribution >= 4 is 11.8 Å². The molecule has 2 rings (SSSR count). The van der Waals surface area contributed by atoms with Crippen LogP contribution in [0.3, 0.4) is 0 Å². The van der Waals surface area contributed by atoms with Crippen molar-refractivity contribution in [3.8, 4) is 0 Å². The summed E-state index contributed by atoms with van der Waals surface area (Å²) in [4.78, 5) is 19.2. The predicted molar refractivity (Wildman–Crippen MR) is 69.9 cm³/mol. The quantitative estimate of drug-likeness (QED) is 0.758. The first-order valence-electron chi connectivity index (χ1n) is 6.46. The summed E-state index contributed by atoms with van der Waals surface area (Å²) in [5.74, 6) is -0.412. The molecule has 0 aliphatic heterocycles. The van der Waals surface area contributed by atoms with E-state index in [9.17, 15) is 9.90 Å². The van der Waals surface area contributed by atoms with E-state index in [0.717, 1.165) is 5.69 Å². The maximum Gasteiger partial charge on any atom is 0.306 e. The van der Waals surface area contributed by atoms with Crippen LogP contribution in [0.5, 0.6) is 0 Å². The Morgan fingerprint density at radius 1 is 1.42 bits per heavy atom. The lowest BCUT2D eigenvalue weighted by atomic mass is 10.1. The zero-order valence-electron chi connectivity index (χ0n) is 11.1. The summed E-state index contributed by atoms with van der Waals surface area (Å²) >= 11 is 0. The molecule has 3 atom stereocenters. The molecule has 6 nitrogen and oxygen atoms in total. The van der Waals surface area contributed by atoms with Gasteiger partial charge in [-0.25, -0.2) is 9.97 Å². The Labute approximate surface area is 111 Å². The molecule has 1 heterocycles. The van der Waals surface area contributed by atoms with Crippen molar-refractivity contribution in [2.75, 3.05) is 5.32 Å². The summed E-state index contributed by atoms with van der Waals surface area (Å²) in [6.45, 7) is 4.08. The van der Waals surface area contributed by atoms with Gasteiger partial charge in [0.1, 0.15) is 12.1 Å². The number of carbonyl (C=O) groups is 1. The molecule has 0 aromatic carbocycles. The number of aromatic nitrogens is 2. The molecule has 0 bridgehead atoms. The Hall–Kier alpha value is -1.69. The third-order valence-corrected chi connectivity index (χ3v) is 3.49. The summed E-state index contributed by atoms with van der Waals surface area (Å²) < 4.78 is 0. The molecule has 1 aliphatic carbocycles. The Balaban J connectivity index is 2.05. The van der Waals surface area contributed by atoms with Crippen LogP contribution in [0.4, 0.5) is 5.82 Å². The first kappa shape index (κ1) is 13.7. The second-order valence-electron chi connectivity index (χ2n) is 5.31. The van der Waals surface area contributed by atoms with Crippen LogP contribution in [-0.2, 0) is 4.79 Å². The Kier molecular flexibility index (Phi) is 3.99. The molecule has 0 saturated heterocycles. The minimum absolute atomic E-state index is 0.268. The summed E-state index contributed by atoms with van der Waals surface area (Å²) in [6.07, 6.45) is 1.53. The molecule has 1 aromatic rings. The minimum Gasteiger partial charge on any atom is -0.481 e. The first-order valence-corrected chi connectivity index (χ1v) is 6.46. The average molecular weight is 265 g/mol. The van der Waals surface area contributed by atoms with Gasteiger partial charge >= 0.3 is 5.97 Å². The van der Waals surface area contributed by atoms with E-state index in [0.29, 0.717) is 18.2 Å². The van der Waals surface area contributed by atoms with E-state index < -0.39 is 18.0 Å². The highest BCUT2D eigenvalue weighted by Gasteiger charge is 2.37. The van der Waals surface area contributed by atoms with Crippen LogP contribution >= 0.6 is 0 Å². The number of anilines is 1. The van der Waals surface area contributed by atoms with Crippen molar-refractivity contribution in [3.05, 3.63) is 18.1 Å². The number of hydrogen-bond acceptors (Lipinski definition) is 5. The number of hydrogen-bond donors (Lipinski definition) is 3. The van der Waals surface area contributed by atoms with E-state index in [1.165, 1.54) is 6.33 Å². The minimum atomic E-state index is -0.853. The molecule has 1 fully saturated rings. The lowest BCUT2D eigenvalue weighted by Gasteiger charge is -2.17. The third kappa shape index (κ3) is 3.20. The second kappa shape index (κ2) is 5.52. The van der Waals surface area contributed by atoms with Crippen molar-refractivity contribution in [2.24, 2.45) is 5.92 Å². The lowest BCUT2D eigenvalue weighted by Crippen LogP contribution is -2.28. The Morgan fingerprint density at radius 2 is 2.16 bits per heavy atom. The monoisotopic (exact) mass is 265 g/mol. The van der Waals surface area contributed by atoms with Crippen LogP contribution in [0.2, 0.25) is 0 Å². The second-order valence-corrected chi connectivity index (χ2v) is 5.31. The van der Waals surface area contributed by atoms with Gasteiger partial charge in [-0.2, -0.15) is 0 Å². The van der Waals surface area contributed by atoms with Gasteiger partial charge in [0.2, 0.25) is 0 Å². The molecule has 6 heteroatoms. The normalized spacial score (nSPS) is 26.6. The van der Waals surface area contributed by atoms with Gasteiger partial charge in [0, 0.05) is 11.8 Å². The number of nitrogens with zero attached hydrogens (tertiary/aromatic N) is 2. The molecular weight excluding hydrogens is 246 g/mol. The van der Waals surface area contributed by atoms with Crippen molar-refractivity contribution in [3.63, 3.8) is 0 Å². The van der Waals surface area contributed by atoms with Crippen LogP contribution in [0.1, 0.15) is 38.3 Å². The number of aliphatic carboxylic acids is 1. The first-order chi connectivity index (χ1) is 8.97. The Morgan fingerprint density at radius 3 is 2.74 bits per heavy atom. The zero-order chi connectivity index (χ0) is 14.0. The van der Waals surface area contributed by atoms with Crippen LogP contribution in [0.25, 0.3) is 0 Å². The lowest BCUT2D eigenvalue weighted by molar-refractivity contribution is -0.141. The molecule has 3 N–H and O–H groups in total. The Bertz CT molecular complexity index is 464. The number of rotatable bonds is 4. The molecule has 0 spiro atoms. The average Bonchev–Trinajstić information content (AvgIpc) is 2.71. The summed E-state index contributed by atoms with van der Waals surface area (Å²) in [6, 6.07) is 1.57. The van der Waals surface area contributed by atoms with Gasteiger partial charge in [0.05, 0.1) is 18.1 Å². The topological polar surface area (TPSA) is 95.3 Å². The standard InChI is InChI=1S/C13H19N3O3/c1-7(2)9-5-12(15-6-14-9)16-10-3-8(13(18)19)4-11(10)17/h5-8,10-11,17H,3-4H2,1-2H3,(H,18,19)(H,14,15,16). The maximum atomic E-state index is 10.9. The molecule has 104 valence electrons. The number of carboxylic acids is 1. The summed E-state index contributed by atoms with van der Waals surface area (Å²) in [5.41, 5.74) is 0.916. The summed E-state index contributed by atoms with van der Waals surface area (Å²) in [7, 11) is 0. The number of aliphatic hydroxyl groups excluding tert-OH is 1. The van der Waals surface area contributed by atoms with E-state index >= 15 is 0 Å².